The molecule has 22 nitrogen and oxygen atoms in total. The lowest BCUT2D eigenvalue weighted by atomic mass is 9.73. The molecule has 0 aromatic carbocycles. The highest BCUT2D eigenvalue weighted by Gasteiger charge is 2.66. The molecule has 2 rings (SSSR count). The summed E-state index contributed by atoms with van der Waals surface area (Å²) >= 11 is 0. The molecule has 0 bridgehead atoms. The topological polar surface area (TPSA) is 284 Å². The zero-order chi connectivity index (χ0) is 43.4. The van der Waals surface area contributed by atoms with E-state index in [0.29, 0.717) is 0 Å². The van der Waals surface area contributed by atoms with Crippen molar-refractivity contribution >= 4 is 59.6 Å². The molecule has 0 unspecified atom stereocenters. The fourth-order valence-corrected chi connectivity index (χ4v) is 6.36. The number of rotatable bonds is 16. The molecule has 10 atom stereocenters. The molecule has 22 heteroatoms. The van der Waals surface area contributed by atoms with E-state index in [-0.39, 0.29) is 0 Å². The summed E-state index contributed by atoms with van der Waals surface area (Å²) in [7, 11) is 0.889. The first-order valence-electron chi connectivity index (χ1n) is 17.2. The van der Waals surface area contributed by atoms with Crippen LogP contribution >= 0.6 is 0 Å². The predicted molar refractivity (Wildman–Crippen MR) is 181 cm³/mol. The Morgan fingerprint density at radius 2 is 1.32 bits per heavy atom. The van der Waals surface area contributed by atoms with Gasteiger partial charge in [0.05, 0.1) is 13.2 Å². The second-order valence-electron chi connectivity index (χ2n) is 12.8. The lowest BCUT2D eigenvalue weighted by Crippen LogP contribution is -2.73. The summed E-state index contributed by atoms with van der Waals surface area (Å²) in [5, 5.41) is 2.51. The molecule has 1 N–H and O–H groups in total. The minimum Gasteiger partial charge on any atom is -0.487 e. The van der Waals surface area contributed by atoms with Crippen LogP contribution < -0.4 is 5.32 Å². The fraction of sp³-hybridized carbons (Fsp3) is 0.657. The molecule has 0 aliphatic carbocycles. The van der Waals surface area contributed by atoms with Gasteiger partial charge in [0.2, 0.25) is 11.5 Å². The van der Waals surface area contributed by atoms with E-state index in [1.54, 1.807) is 0 Å². The van der Waals surface area contributed by atoms with Gasteiger partial charge in [0.15, 0.2) is 36.3 Å². The highest BCUT2D eigenvalue weighted by atomic mass is 16.7. The molecule has 0 spiro atoms. The van der Waals surface area contributed by atoms with Crippen molar-refractivity contribution in [2.45, 2.75) is 123 Å². The molecule has 1 saturated heterocycles. The molecule has 318 valence electrons. The minimum absolute atomic E-state index is 0.528. The van der Waals surface area contributed by atoms with Crippen LogP contribution in [0.2, 0.25) is 0 Å². The van der Waals surface area contributed by atoms with Gasteiger partial charge in [-0.25, -0.2) is 4.79 Å². The first-order valence-corrected chi connectivity index (χ1v) is 17.2. The molecule has 57 heavy (non-hydrogen) atoms. The van der Waals surface area contributed by atoms with Gasteiger partial charge < -0.3 is 57.4 Å². The fourth-order valence-electron chi connectivity index (χ4n) is 6.36. The van der Waals surface area contributed by atoms with Crippen LogP contribution in [0.4, 0.5) is 0 Å². The predicted octanol–water partition coefficient (Wildman–Crippen LogP) is -0.604. The molecular formula is C35H47NO21. The molecule has 0 aromatic rings. The zero-order valence-corrected chi connectivity index (χ0v) is 33.0. The number of methoxy groups -OCH3 is 1. The largest absolute Gasteiger partial charge is 0.487 e. The van der Waals surface area contributed by atoms with E-state index in [1.807, 2.05) is 0 Å². The second kappa shape index (κ2) is 20.9. The third kappa shape index (κ3) is 13.4. The Hall–Kier alpha value is -5.80. The van der Waals surface area contributed by atoms with Gasteiger partial charge in [-0.2, -0.15) is 0 Å². The number of hydrogen-bond donors (Lipinski definition) is 1. The summed E-state index contributed by atoms with van der Waals surface area (Å²) < 4.78 is 61.0. The van der Waals surface area contributed by atoms with Crippen molar-refractivity contribution in [2.75, 3.05) is 20.3 Å². The quantitative estimate of drug-likeness (QED) is 0.150. The first kappa shape index (κ1) is 47.4. The van der Waals surface area contributed by atoms with Crippen LogP contribution in [0.15, 0.2) is 12.0 Å². The number of ether oxygens (including phenoxy) is 11. The van der Waals surface area contributed by atoms with Crippen molar-refractivity contribution in [1.29, 1.82) is 0 Å². The summed E-state index contributed by atoms with van der Waals surface area (Å²) in [5.41, 5.74) is -2.83. The Morgan fingerprint density at radius 1 is 0.737 bits per heavy atom. The van der Waals surface area contributed by atoms with Crippen molar-refractivity contribution in [1.82, 2.24) is 5.32 Å². The summed E-state index contributed by atoms with van der Waals surface area (Å²) in [6.07, 6.45) is -12.8. The maximum Gasteiger partial charge on any atom is 0.342 e. The van der Waals surface area contributed by atoms with Crippen molar-refractivity contribution < 1.29 is 100 Å². The van der Waals surface area contributed by atoms with Gasteiger partial charge in [0.25, 0.3) is 0 Å². The maximum atomic E-state index is 14.5. The van der Waals surface area contributed by atoms with Crippen molar-refractivity contribution in [3.63, 3.8) is 0 Å². The van der Waals surface area contributed by atoms with E-state index < -0.39 is 145 Å². The number of esters is 9. The average molecular weight is 818 g/mol. The van der Waals surface area contributed by atoms with Gasteiger partial charge in [-0.1, -0.05) is 0 Å². The van der Waals surface area contributed by atoms with Gasteiger partial charge in [0, 0.05) is 68.7 Å². The Morgan fingerprint density at radius 3 is 1.79 bits per heavy atom. The van der Waals surface area contributed by atoms with E-state index in [4.69, 9.17) is 52.1 Å². The lowest BCUT2D eigenvalue weighted by molar-refractivity contribution is -0.273. The van der Waals surface area contributed by atoms with Crippen LogP contribution in [0.25, 0.3) is 0 Å². The normalized spacial score (nSPS) is 25.5. The second-order valence-corrected chi connectivity index (χ2v) is 12.8. The van der Waals surface area contributed by atoms with Crippen LogP contribution in [-0.4, -0.2) is 134 Å². The maximum absolute atomic E-state index is 14.5. The number of nitrogens with one attached hydrogen (secondary N) is 1. The lowest BCUT2D eigenvalue weighted by Gasteiger charge is -2.52. The number of carbonyl (C=O) groups is 10. The standard InChI is InChI=1S/C35H47NO21/c1-15(37)36-29-24(51-18(4)40)11-35(34(46)47-10,57-32(29)31(55-22(8)44)27(53-20(6)42)14-49-17(3)39)33(56-23(9)45)28-25(52-19(5)41)12-50-26(13-48-16(2)38)30(28)54-21(7)43/h12,24,26-33H,11,13-14H2,1-10H3,(H,36,37)/t24-,26+,27+,28+,29+,30-,31+,32+,33-,35-/m0/s1. The summed E-state index contributed by atoms with van der Waals surface area (Å²) in [5.74, 6) is -12.4. The summed E-state index contributed by atoms with van der Waals surface area (Å²) in [6, 6.07) is -1.61. The molecule has 2 aliphatic rings. The van der Waals surface area contributed by atoms with Crippen molar-refractivity contribution in [3.05, 3.63) is 12.0 Å². The monoisotopic (exact) mass is 817 g/mol. The third-order valence-corrected chi connectivity index (χ3v) is 8.09. The van der Waals surface area contributed by atoms with Crippen molar-refractivity contribution in [3.8, 4) is 0 Å². The Bertz CT molecular complexity index is 1610. The van der Waals surface area contributed by atoms with E-state index in [9.17, 15) is 47.9 Å². The van der Waals surface area contributed by atoms with Crippen molar-refractivity contribution in [2.24, 2.45) is 5.92 Å². The molecule has 1 fully saturated rings. The molecule has 1 amide bonds. The van der Waals surface area contributed by atoms with Crippen LogP contribution in [0.1, 0.15) is 68.7 Å². The van der Waals surface area contributed by atoms with Gasteiger partial charge in [-0.15, -0.1) is 0 Å². The smallest absolute Gasteiger partial charge is 0.342 e. The zero-order valence-electron chi connectivity index (χ0n) is 33.0. The third-order valence-electron chi connectivity index (χ3n) is 8.09. The van der Waals surface area contributed by atoms with Gasteiger partial charge >= 0.3 is 53.7 Å². The molecule has 2 aliphatic heterocycles. The summed E-state index contributed by atoms with van der Waals surface area (Å²) in [4.78, 5) is 127. The number of amides is 1. The molecule has 0 saturated carbocycles. The van der Waals surface area contributed by atoms with E-state index >= 15 is 0 Å². The first-order chi connectivity index (χ1) is 26.5. The average Bonchev–Trinajstić information content (AvgIpc) is 3.07. The highest BCUT2D eigenvalue weighted by molar-refractivity contribution is 5.82. The highest BCUT2D eigenvalue weighted by Crippen LogP contribution is 2.46. The molecule has 2 heterocycles. The van der Waals surface area contributed by atoms with E-state index in [1.165, 1.54) is 0 Å². The number of carbonyl (C=O) groups excluding carboxylic acids is 10. The van der Waals surface area contributed by atoms with Crippen LogP contribution in [0.3, 0.4) is 0 Å². The van der Waals surface area contributed by atoms with Gasteiger partial charge in [-0.3, -0.25) is 43.2 Å². The van der Waals surface area contributed by atoms with Gasteiger partial charge in [-0.05, 0) is 0 Å². The SMILES string of the molecule is COC(=O)[C@@]1([C@@H](OC(C)=O)[C@@H]2C(OC(C)=O)=CO[C@H](COC(C)=O)[C@@H]2OC(C)=O)C[C@H](OC(C)=O)[C@@H](NC(C)=O)[C@H]([C@H](OC(C)=O)[C@@H](COC(C)=O)OC(C)=O)O1. The van der Waals surface area contributed by atoms with Crippen LogP contribution in [0.5, 0.6) is 0 Å². The summed E-state index contributed by atoms with van der Waals surface area (Å²) in [6.45, 7) is 7.45. The van der Waals surface area contributed by atoms with E-state index in [0.717, 1.165) is 75.7 Å². The van der Waals surface area contributed by atoms with Gasteiger partial charge in [0.1, 0.15) is 37.6 Å². The van der Waals surface area contributed by atoms with E-state index in [2.05, 4.69) is 5.32 Å². The Kier molecular flexibility index (Phi) is 17.4. The van der Waals surface area contributed by atoms with Crippen LogP contribution in [0, 0.1) is 5.92 Å². The Labute approximate surface area is 326 Å². The molecule has 0 radical (unpaired) electrons. The minimum atomic E-state index is -2.83. The van der Waals surface area contributed by atoms with Crippen LogP contribution in [-0.2, 0) is 100 Å². The molecule has 0 aromatic heterocycles. The Balaban J connectivity index is 3.19. The molecular weight excluding hydrogens is 770 g/mol. The number of hydrogen-bond acceptors (Lipinski definition) is 21.